The highest BCUT2D eigenvalue weighted by molar-refractivity contribution is 5.95. The summed E-state index contributed by atoms with van der Waals surface area (Å²) in [5.74, 6) is -3.63. The molecular formula is C29H31NO4. The summed E-state index contributed by atoms with van der Waals surface area (Å²) in [6.07, 6.45) is 0.269. The van der Waals surface area contributed by atoms with Crippen molar-refractivity contribution < 1.29 is 19.4 Å². The number of hydrogen-bond donors (Lipinski definition) is 2. The number of aliphatic carboxylic acids is 1. The smallest absolute Gasteiger partial charge is 0.321 e. The lowest BCUT2D eigenvalue weighted by Gasteiger charge is -2.22. The van der Waals surface area contributed by atoms with Crippen LogP contribution in [0.1, 0.15) is 48.9 Å². The van der Waals surface area contributed by atoms with Crippen molar-refractivity contribution in [1.29, 1.82) is 0 Å². The van der Waals surface area contributed by atoms with Gasteiger partial charge in [0.1, 0.15) is 6.61 Å². The van der Waals surface area contributed by atoms with E-state index in [0.29, 0.717) is 0 Å². The van der Waals surface area contributed by atoms with Crippen molar-refractivity contribution in [2.75, 3.05) is 6.61 Å². The minimum Gasteiger partial charge on any atom is -0.481 e. The molecule has 0 bridgehead atoms. The van der Waals surface area contributed by atoms with E-state index in [4.69, 9.17) is 10.5 Å². The van der Waals surface area contributed by atoms with Crippen LogP contribution in [0.2, 0.25) is 0 Å². The molecule has 0 saturated carbocycles. The van der Waals surface area contributed by atoms with Gasteiger partial charge in [0.05, 0.1) is 0 Å². The summed E-state index contributed by atoms with van der Waals surface area (Å²) < 4.78 is 5.59. The Morgan fingerprint density at radius 3 is 1.94 bits per heavy atom. The third kappa shape index (κ3) is 4.75. The summed E-state index contributed by atoms with van der Waals surface area (Å²) >= 11 is 0. The molecule has 0 amide bonds. The Labute approximate surface area is 200 Å². The standard InChI is InChI=1S/C29H31NO4/c1-29(2,3)19-14-12-18(13-15-19)16-25(30)26(27(31)32)28(33)34-17-24-22-10-6-4-8-20(22)21-9-5-7-11-23(21)24/h4-15,24-26H,16-17,30H2,1-3H3,(H,31,32)/t25?,26-/m1/s1. The third-order valence-electron chi connectivity index (χ3n) is 6.59. The highest BCUT2D eigenvalue weighted by Gasteiger charge is 2.36. The molecule has 0 heterocycles. The molecule has 2 atom stereocenters. The number of hydrogen-bond acceptors (Lipinski definition) is 4. The Kier molecular flexibility index (Phi) is 6.58. The molecule has 5 nitrogen and oxygen atoms in total. The lowest BCUT2D eigenvalue weighted by Crippen LogP contribution is -2.43. The number of ether oxygens (including phenoxy) is 1. The van der Waals surface area contributed by atoms with Crippen LogP contribution in [0.25, 0.3) is 11.1 Å². The van der Waals surface area contributed by atoms with Crippen LogP contribution >= 0.6 is 0 Å². The van der Waals surface area contributed by atoms with E-state index in [2.05, 4.69) is 32.9 Å². The van der Waals surface area contributed by atoms with Gasteiger partial charge < -0.3 is 15.6 Å². The number of carboxylic acid groups (broad SMARTS) is 1. The van der Waals surface area contributed by atoms with Crippen molar-refractivity contribution in [2.45, 2.75) is 44.6 Å². The second kappa shape index (κ2) is 9.43. The molecule has 1 aliphatic carbocycles. The lowest BCUT2D eigenvalue weighted by atomic mass is 9.86. The molecular weight excluding hydrogens is 426 g/mol. The van der Waals surface area contributed by atoms with Crippen LogP contribution in [0.15, 0.2) is 72.8 Å². The maximum Gasteiger partial charge on any atom is 0.321 e. The van der Waals surface area contributed by atoms with Crippen molar-refractivity contribution in [2.24, 2.45) is 11.7 Å². The first-order chi connectivity index (χ1) is 16.2. The number of carbonyl (C=O) groups excluding carboxylic acids is 1. The number of fused-ring (bicyclic) bond motifs is 3. The summed E-state index contributed by atoms with van der Waals surface area (Å²) in [4.78, 5) is 24.9. The maximum absolute atomic E-state index is 12.9. The van der Waals surface area contributed by atoms with Gasteiger partial charge in [-0.2, -0.15) is 0 Å². The van der Waals surface area contributed by atoms with E-state index < -0.39 is 23.9 Å². The molecule has 0 spiro atoms. The number of carboxylic acids is 1. The van der Waals surface area contributed by atoms with Crippen molar-refractivity contribution in [3.05, 3.63) is 95.1 Å². The topological polar surface area (TPSA) is 89.6 Å². The average molecular weight is 458 g/mol. The first-order valence-corrected chi connectivity index (χ1v) is 11.6. The predicted molar refractivity (Wildman–Crippen MR) is 133 cm³/mol. The van der Waals surface area contributed by atoms with Gasteiger partial charge in [-0.15, -0.1) is 0 Å². The number of esters is 1. The van der Waals surface area contributed by atoms with E-state index in [9.17, 15) is 14.7 Å². The molecule has 34 heavy (non-hydrogen) atoms. The van der Waals surface area contributed by atoms with Crippen LogP contribution in [0.3, 0.4) is 0 Å². The SMILES string of the molecule is CC(C)(C)c1ccc(CC(N)[C@H](C(=O)O)C(=O)OCC2c3ccccc3-c3ccccc32)cc1. The number of benzene rings is 3. The van der Waals surface area contributed by atoms with Gasteiger partial charge in [-0.25, -0.2) is 0 Å². The molecule has 0 fully saturated rings. The Morgan fingerprint density at radius 1 is 0.912 bits per heavy atom. The molecule has 4 rings (SSSR count). The minimum absolute atomic E-state index is 0.0194. The van der Waals surface area contributed by atoms with E-state index in [-0.39, 0.29) is 24.4 Å². The molecule has 3 aromatic rings. The van der Waals surface area contributed by atoms with E-state index in [1.165, 1.54) is 5.56 Å². The Balaban J connectivity index is 1.46. The summed E-state index contributed by atoms with van der Waals surface area (Å²) in [7, 11) is 0. The third-order valence-corrected chi connectivity index (χ3v) is 6.59. The molecule has 0 saturated heterocycles. The zero-order valence-electron chi connectivity index (χ0n) is 19.8. The van der Waals surface area contributed by atoms with Crippen molar-refractivity contribution in [1.82, 2.24) is 0 Å². The molecule has 1 unspecified atom stereocenters. The molecule has 5 heteroatoms. The summed E-state index contributed by atoms with van der Waals surface area (Å²) in [6, 6.07) is 23.1. The second-order valence-corrected chi connectivity index (χ2v) is 9.99. The van der Waals surface area contributed by atoms with Gasteiger partial charge in [-0.3, -0.25) is 9.59 Å². The van der Waals surface area contributed by atoms with Crippen molar-refractivity contribution in [3.63, 3.8) is 0 Å². The zero-order valence-corrected chi connectivity index (χ0v) is 19.8. The molecule has 3 aromatic carbocycles. The van der Waals surface area contributed by atoms with Gasteiger partial charge >= 0.3 is 11.9 Å². The largest absolute Gasteiger partial charge is 0.481 e. The highest BCUT2D eigenvalue weighted by Crippen LogP contribution is 2.44. The van der Waals surface area contributed by atoms with Crippen LogP contribution in [-0.2, 0) is 26.2 Å². The van der Waals surface area contributed by atoms with Crippen molar-refractivity contribution in [3.8, 4) is 11.1 Å². The van der Waals surface area contributed by atoms with Crippen molar-refractivity contribution >= 4 is 11.9 Å². The van der Waals surface area contributed by atoms with Gasteiger partial charge in [0.25, 0.3) is 0 Å². The maximum atomic E-state index is 12.9. The van der Waals surface area contributed by atoms with Gasteiger partial charge in [-0.05, 0) is 45.2 Å². The van der Waals surface area contributed by atoms with Gasteiger partial charge in [-0.1, -0.05) is 93.6 Å². The Bertz CT molecular complexity index is 1150. The highest BCUT2D eigenvalue weighted by atomic mass is 16.5. The first-order valence-electron chi connectivity index (χ1n) is 11.6. The fourth-order valence-corrected chi connectivity index (χ4v) is 4.68. The van der Waals surface area contributed by atoms with Gasteiger partial charge in [0, 0.05) is 12.0 Å². The Hall–Kier alpha value is -3.44. The molecule has 3 N–H and O–H groups in total. The normalized spacial score (nSPS) is 14.7. The number of rotatable bonds is 7. The van der Waals surface area contributed by atoms with E-state index in [0.717, 1.165) is 27.8 Å². The second-order valence-electron chi connectivity index (χ2n) is 9.99. The number of nitrogens with two attached hydrogens (primary N) is 1. The van der Waals surface area contributed by atoms with E-state index in [1.807, 2.05) is 60.7 Å². The molecule has 176 valence electrons. The summed E-state index contributed by atoms with van der Waals surface area (Å²) in [5, 5.41) is 9.77. The monoisotopic (exact) mass is 457 g/mol. The first kappa shape index (κ1) is 23.7. The van der Waals surface area contributed by atoms with Crippen LogP contribution in [-0.4, -0.2) is 29.7 Å². The minimum atomic E-state index is -1.44. The summed E-state index contributed by atoms with van der Waals surface area (Å²) in [6.45, 7) is 6.46. The molecule has 0 radical (unpaired) electrons. The van der Waals surface area contributed by atoms with Crippen LogP contribution in [0.5, 0.6) is 0 Å². The van der Waals surface area contributed by atoms with Crippen LogP contribution in [0.4, 0.5) is 0 Å². The predicted octanol–water partition coefficient (Wildman–Crippen LogP) is 4.91. The summed E-state index contributed by atoms with van der Waals surface area (Å²) in [5.41, 5.74) is 12.7. The van der Waals surface area contributed by atoms with E-state index in [1.54, 1.807) is 0 Å². The molecule has 1 aliphatic rings. The van der Waals surface area contributed by atoms with Gasteiger partial charge in [0.2, 0.25) is 0 Å². The van der Waals surface area contributed by atoms with Crippen LogP contribution in [0, 0.1) is 5.92 Å². The quantitative estimate of drug-likeness (QED) is 0.389. The molecule has 0 aromatic heterocycles. The zero-order chi connectivity index (χ0) is 24.5. The lowest BCUT2D eigenvalue weighted by molar-refractivity contribution is -0.159. The Morgan fingerprint density at radius 2 is 1.44 bits per heavy atom. The van der Waals surface area contributed by atoms with Crippen LogP contribution < -0.4 is 5.73 Å². The molecule has 0 aliphatic heterocycles. The van der Waals surface area contributed by atoms with E-state index >= 15 is 0 Å². The fraction of sp³-hybridized carbons (Fsp3) is 0.310. The van der Waals surface area contributed by atoms with Gasteiger partial charge in [0.15, 0.2) is 5.92 Å². The fourth-order valence-electron chi connectivity index (χ4n) is 4.68. The average Bonchev–Trinajstić information content (AvgIpc) is 3.11. The number of carbonyl (C=O) groups is 2.